The smallest absolute Gasteiger partial charge is 0.299 e. The number of thiocarbonyl (C=S) groups is 1. The molecule has 0 heterocycles. The minimum atomic E-state index is -0.534. The summed E-state index contributed by atoms with van der Waals surface area (Å²) in [6, 6.07) is 4.39. The van der Waals surface area contributed by atoms with Crippen LogP contribution in [0.3, 0.4) is 0 Å². The van der Waals surface area contributed by atoms with Gasteiger partial charge < -0.3 is 4.74 Å². The van der Waals surface area contributed by atoms with E-state index < -0.39 is 4.92 Å². The molecule has 1 aromatic rings. The second-order valence-corrected chi connectivity index (χ2v) is 2.73. The van der Waals surface area contributed by atoms with Gasteiger partial charge in [0, 0.05) is 0 Å². The highest BCUT2D eigenvalue weighted by Gasteiger charge is 2.14. The first-order valence-corrected chi connectivity index (χ1v) is 4.59. The molecule has 0 saturated carbocycles. The summed E-state index contributed by atoms with van der Waals surface area (Å²) < 4.78 is 5.14. The van der Waals surface area contributed by atoms with Crippen LogP contribution >= 0.6 is 12.2 Å². The zero-order valence-electron chi connectivity index (χ0n) is 7.97. The van der Waals surface area contributed by atoms with Gasteiger partial charge >= 0.3 is 0 Å². The number of benzene rings is 1. The first-order valence-electron chi connectivity index (χ1n) is 4.18. The van der Waals surface area contributed by atoms with Crippen molar-refractivity contribution in [2.45, 2.75) is 6.92 Å². The Kier molecular flexibility index (Phi) is 3.91. The van der Waals surface area contributed by atoms with E-state index in [-0.39, 0.29) is 11.4 Å². The van der Waals surface area contributed by atoms with E-state index in [1.54, 1.807) is 13.0 Å². The Morgan fingerprint density at radius 1 is 1.67 bits per heavy atom. The van der Waals surface area contributed by atoms with Gasteiger partial charge in [-0.15, -0.1) is 0 Å². The van der Waals surface area contributed by atoms with Crippen LogP contribution in [-0.2, 0) is 0 Å². The van der Waals surface area contributed by atoms with Gasteiger partial charge in [0.2, 0.25) is 0 Å². The summed E-state index contributed by atoms with van der Waals surface area (Å²) in [5.41, 5.74) is 0.0387. The summed E-state index contributed by atoms with van der Waals surface area (Å²) in [4.78, 5) is 13.7. The predicted molar refractivity (Wildman–Crippen MR) is 59.0 cm³/mol. The lowest BCUT2D eigenvalue weighted by Gasteiger charge is -2.02. The van der Waals surface area contributed by atoms with Gasteiger partial charge in [-0.3, -0.25) is 10.1 Å². The molecule has 0 atom stereocenters. The molecule has 0 aliphatic heterocycles. The van der Waals surface area contributed by atoms with Crippen molar-refractivity contribution in [1.29, 1.82) is 0 Å². The van der Waals surface area contributed by atoms with E-state index in [1.807, 2.05) is 0 Å². The Morgan fingerprint density at radius 3 is 2.93 bits per heavy atom. The largest absolute Gasteiger partial charge is 0.494 e. The molecule has 0 fully saturated rings. The fraction of sp³-hybridized carbons (Fsp3) is 0.222. The van der Waals surface area contributed by atoms with E-state index in [2.05, 4.69) is 22.4 Å². The lowest BCUT2D eigenvalue weighted by molar-refractivity contribution is -0.384. The third-order valence-corrected chi connectivity index (χ3v) is 1.71. The Balaban J connectivity index is 3.20. The first kappa shape index (κ1) is 11.3. The summed E-state index contributed by atoms with van der Waals surface area (Å²) in [5, 5.41) is 12.8. The minimum Gasteiger partial charge on any atom is -0.494 e. The molecule has 0 amide bonds. The monoisotopic (exact) mass is 224 g/mol. The van der Waals surface area contributed by atoms with Gasteiger partial charge in [0.05, 0.1) is 22.8 Å². The van der Waals surface area contributed by atoms with Crippen molar-refractivity contribution in [2.24, 2.45) is 4.99 Å². The van der Waals surface area contributed by atoms with Crippen molar-refractivity contribution in [3.8, 4) is 5.75 Å². The van der Waals surface area contributed by atoms with Crippen LogP contribution in [0.4, 0.5) is 11.4 Å². The quantitative estimate of drug-likeness (QED) is 0.341. The van der Waals surface area contributed by atoms with Gasteiger partial charge in [-0.2, -0.15) is 4.99 Å². The van der Waals surface area contributed by atoms with Crippen LogP contribution < -0.4 is 4.74 Å². The van der Waals surface area contributed by atoms with Crippen molar-refractivity contribution in [3.05, 3.63) is 28.3 Å². The zero-order valence-corrected chi connectivity index (χ0v) is 8.78. The second-order valence-electron chi connectivity index (χ2n) is 2.54. The summed E-state index contributed by atoms with van der Waals surface area (Å²) in [7, 11) is 0. The van der Waals surface area contributed by atoms with Crippen molar-refractivity contribution in [3.63, 3.8) is 0 Å². The number of nitro benzene ring substituents is 1. The van der Waals surface area contributed by atoms with E-state index in [0.29, 0.717) is 12.4 Å². The third-order valence-electron chi connectivity index (χ3n) is 1.62. The fourth-order valence-corrected chi connectivity index (χ4v) is 1.15. The van der Waals surface area contributed by atoms with Crippen molar-refractivity contribution in [2.75, 3.05) is 6.61 Å². The molecule has 0 bridgehead atoms. The molecule has 0 aliphatic rings. The molecule has 0 spiro atoms. The van der Waals surface area contributed by atoms with Crippen LogP contribution in [0.25, 0.3) is 0 Å². The molecule has 5 nitrogen and oxygen atoms in total. The molecule has 78 valence electrons. The molecule has 1 aromatic carbocycles. The SMILES string of the molecule is CCOc1ccc(N=C=S)c([N+](=O)[O-])c1. The average molecular weight is 224 g/mol. The van der Waals surface area contributed by atoms with E-state index in [0.717, 1.165) is 0 Å². The Morgan fingerprint density at radius 2 is 2.40 bits per heavy atom. The average Bonchev–Trinajstić information content (AvgIpc) is 2.21. The van der Waals surface area contributed by atoms with Crippen molar-refractivity contribution >= 4 is 28.8 Å². The van der Waals surface area contributed by atoms with Crippen LogP contribution in [0.2, 0.25) is 0 Å². The zero-order chi connectivity index (χ0) is 11.3. The number of aliphatic imine (C=N–C) groups is 1. The van der Waals surface area contributed by atoms with Crippen LogP contribution in [0, 0.1) is 10.1 Å². The highest BCUT2D eigenvalue weighted by molar-refractivity contribution is 7.78. The maximum atomic E-state index is 10.7. The Hall–Kier alpha value is -1.78. The van der Waals surface area contributed by atoms with Crippen LogP contribution in [0.5, 0.6) is 5.75 Å². The Labute approximate surface area is 91.5 Å². The van der Waals surface area contributed by atoms with Gasteiger partial charge in [-0.05, 0) is 31.3 Å². The standard InChI is InChI=1S/C9H8N2O3S/c1-2-14-7-3-4-8(10-6-15)9(5-7)11(12)13/h3-5H,2H2,1H3. The maximum Gasteiger partial charge on any atom is 0.299 e. The number of ether oxygens (including phenoxy) is 1. The van der Waals surface area contributed by atoms with Gasteiger partial charge in [0.25, 0.3) is 5.69 Å². The molecular formula is C9H8N2O3S. The van der Waals surface area contributed by atoms with E-state index in [1.165, 1.54) is 12.1 Å². The molecule has 6 heteroatoms. The molecule has 0 aliphatic carbocycles. The molecule has 1 rings (SSSR count). The number of nitro groups is 1. The summed E-state index contributed by atoms with van der Waals surface area (Å²) in [5.74, 6) is 0.438. The highest BCUT2D eigenvalue weighted by Crippen LogP contribution is 2.30. The Bertz CT molecular complexity index is 427. The normalized spacial score (nSPS) is 9.13. The van der Waals surface area contributed by atoms with Crippen molar-refractivity contribution < 1.29 is 9.66 Å². The molecule has 0 aromatic heterocycles. The van der Waals surface area contributed by atoms with Crippen LogP contribution in [0.1, 0.15) is 6.92 Å². The van der Waals surface area contributed by atoms with Gasteiger partial charge in [0.15, 0.2) is 5.69 Å². The molecular weight excluding hydrogens is 216 g/mol. The van der Waals surface area contributed by atoms with Crippen molar-refractivity contribution in [1.82, 2.24) is 0 Å². The lowest BCUT2D eigenvalue weighted by atomic mass is 10.2. The van der Waals surface area contributed by atoms with E-state index >= 15 is 0 Å². The lowest BCUT2D eigenvalue weighted by Crippen LogP contribution is -1.93. The summed E-state index contributed by atoms with van der Waals surface area (Å²) in [6.07, 6.45) is 0. The minimum absolute atomic E-state index is 0.140. The first-order chi connectivity index (χ1) is 7.19. The molecule has 0 saturated heterocycles. The predicted octanol–water partition coefficient (Wildman–Crippen LogP) is 2.73. The summed E-state index contributed by atoms with van der Waals surface area (Å²) in [6.45, 7) is 2.25. The van der Waals surface area contributed by atoms with E-state index in [4.69, 9.17) is 4.74 Å². The van der Waals surface area contributed by atoms with Gasteiger partial charge in [-0.1, -0.05) is 0 Å². The second kappa shape index (κ2) is 5.19. The number of nitrogens with zero attached hydrogens (tertiary/aromatic N) is 2. The summed E-state index contributed by atoms with van der Waals surface area (Å²) >= 11 is 4.39. The van der Waals surface area contributed by atoms with Crippen LogP contribution in [0.15, 0.2) is 23.2 Å². The third kappa shape index (κ3) is 2.83. The number of hydrogen-bond donors (Lipinski definition) is 0. The number of rotatable bonds is 4. The molecule has 0 N–H and O–H groups in total. The highest BCUT2D eigenvalue weighted by atomic mass is 32.1. The molecule has 0 radical (unpaired) electrons. The fourth-order valence-electron chi connectivity index (χ4n) is 1.05. The topological polar surface area (TPSA) is 64.7 Å². The number of hydrogen-bond acceptors (Lipinski definition) is 5. The maximum absolute atomic E-state index is 10.7. The molecule has 0 unspecified atom stereocenters. The van der Waals surface area contributed by atoms with Gasteiger partial charge in [0.1, 0.15) is 5.75 Å². The van der Waals surface area contributed by atoms with Crippen LogP contribution in [-0.4, -0.2) is 16.7 Å². The molecule has 15 heavy (non-hydrogen) atoms. The van der Waals surface area contributed by atoms with Gasteiger partial charge in [-0.25, -0.2) is 0 Å². The number of isothiocyanates is 1. The van der Waals surface area contributed by atoms with E-state index in [9.17, 15) is 10.1 Å².